The van der Waals surface area contributed by atoms with Crippen LogP contribution in [0.4, 0.5) is 5.13 Å². The van der Waals surface area contributed by atoms with Crippen LogP contribution in [0, 0.1) is 12.8 Å². The molecule has 2 aromatic heterocycles. The Morgan fingerprint density at radius 2 is 2.08 bits per heavy atom. The van der Waals surface area contributed by atoms with Gasteiger partial charge in [-0.1, -0.05) is 13.8 Å². The summed E-state index contributed by atoms with van der Waals surface area (Å²) < 4.78 is 0.733. The maximum atomic E-state index is 12.7. The second-order valence-electron chi connectivity index (χ2n) is 6.80. The Hall–Kier alpha value is -1.74. The Balaban J connectivity index is 1.58. The number of amides is 2. The number of carbonyl (C=O) groups is 2. The molecule has 2 amide bonds. The first-order valence-electron chi connectivity index (χ1n) is 8.62. The highest BCUT2D eigenvalue weighted by Gasteiger charge is 2.30. The van der Waals surface area contributed by atoms with Crippen LogP contribution in [0.3, 0.4) is 0 Å². The van der Waals surface area contributed by atoms with Crippen molar-refractivity contribution in [2.24, 2.45) is 5.92 Å². The van der Waals surface area contributed by atoms with Crippen LogP contribution >= 0.6 is 27.3 Å². The van der Waals surface area contributed by atoms with Gasteiger partial charge in [-0.05, 0) is 41.6 Å². The van der Waals surface area contributed by atoms with Crippen molar-refractivity contribution in [1.29, 1.82) is 0 Å². The van der Waals surface area contributed by atoms with Crippen LogP contribution < -0.4 is 5.32 Å². The lowest BCUT2D eigenvalue weighted by Gasteiger charge is -2.30. The maximum Gasteiger partial charge on any atom is 0.275 e. The number of carbonyl (C=O) groups excluding carboxylic acids is 2. The molecule has 1 saturated heterocycles. The predicted molar refractivity (Wildman–Crippen MR) is 104 cm³/mol. The minimum absolute atomic E-state index is 0.0190. The number of thiazole rings is 1. The Morgan fingerprint density at radius 3 is 2.62 bits per heavy atom. The average molecular weight is 440 g/mol. The summed E-state index contributed by atoms with van der Waals surface area (Å²) in [5.41, 5.74) is 2.23. The van der Waals surface area contributed by atoms with E-state index in [-0.39, 0.29) is 23.7 Å². The maximum absolute atomic E-state index is 12.7. The van der Waals surface area contributed by atoms with Gasteiger partial charge in [0.15, 0.2) is 10.8 Å². The second-order valence-corrected chi connectivity index (χ2v) is 8.46. The minimum Gasteiger partial charge on any atom is -0.337 e. The van der Waals surface area contributed by atoms with E-state index in [0.29, 0.717) is 36.8 Å². The van der Waals surface area contributed by atoms with Crippen molar-refractivity contribution >= 4 is 44.2 Å². The first kappa shape index (κ1) is 19.0. The lowest BCUT2D eigenvalue weighted by Crippen LogP contribution is -2.41. The molecule has 1 fully saturated rings. The van der Waals surface area contributed by atoms with E-state index >= 15 is 0 Å². The van der Waals surface area contributed by atoms with Crippen LogP contribution in [0.15, 0.2) is 9.85 Å². The van der Waals surface area contributed by atoms with E-state index in [9.17, 15) is 9.59 Å². The van der Waals surface area contributed by atoms with Gasteiger partial charge in [0.2, 0.25) is 5.91 Å². The topological polar surface area (TPSA) is 91.0 Å². The van der Waals surface area contributed by atoms with Crippen LogP contribution in [-0.2, 0) is 4.79 Å². The fourth-order valence-corrected chi connectivity index (χ4v) is 4.48. The number of hydrogen-bond acceptors (Lipinski definition) is 5. The van der Waals surface area contributed by atoms with E-state index in [4.69, 9.17) is 0 Å². The predicted octanol–water partition coefficient (Wildman–Crippen LogP) is 3.55. The zero-order valence-electron chi connectivity index (χ0n) is 15.0. The van der Waals surface area contributed by atoms with Gasteiger partial charge >= 0.3 is 0 Å². The van der Waals surface area contributed by atoms with Crippen molar-refractivity contribution in [3.05, 3.63) is 26.9 Å². The van der Waals surface area contributed by atoms with Crippen molar-refractivity contribution in [3.63, 3.8) is 0 Å². The van der Waals surface area contributed by atoms with Crippen LogP contribution in [0.25, 0.3) is 0 Å². The number of aromatic nitrogens is 3. The summed E-state index contributed by atoms with van der Waals surface area (Å²) in [4.78, 5) is 31.1. The molecule has 0 spiro atoms. The van der Waals surface area contributed by atoms with Crippen molar-refractivity contribution in [1.82, 2.24) is 20.1 Å². The molecule has 2 N–H and O–H groups in total. The molecular formula is C17H22BrN5O2S. The van der Waals surface area contributed by atoms with Gasteiger partial charge < -0.3 is 10.2 Å². The Morgan fingerprint density at radius 1 is 1.38 bits per heavy atom. The van der Waals surface area contributed by atoms with Gasteiger partial charge in [0.1, 0.15) is 0 Å². The molecule has 0 aromatic carbocycles. The van der Waals surface area contributed by atoms with Gasteiger partial charge in [-0.3, -0.25) is 14.7 Å². The van der Waals surface area contributed by atoms with E-state index in [1.165, 1.54) is 11.3 Å². The van der Waals surface area contributed by atoms with E-state index in [1.807, 2.05) is 26.2 Å². The lowest BCUT2D eigenvalue weighted by molar-refractivity contribution is -0.121. The number of hydrogen-bond donors (Lipinski definition) is 2. The van der Waals surface area contributed by atoms with E-state index in [1.54, 1.807) is 4.90 Å². The largest absolute Gasteiger partial charge is 0.337 e. The molecule has 1 aliphatic rings. The molecule has 7 nitrogen and oxygen atoms in total. The number of H-pyrrole nitrogens is 1. The van der Waals surface area contributed by atoms with E-state index < -0.39 is 0 Å². The monoisotopic (exact) mass is 439 g/mol. The fraction of sp³-hybridized carbons (Fsp3) is 0.529. The number of piperidine rings is 1. The quantitative estimate of drug-likeness (QED) is 0.761. The number of nitrogens with zero attached hydrogens (tertiary/aromatic N) is 3. The SMILES string of the molecule is Cc1csc(NC(=O)C2CCN(C(=O)c3n[nH]c(C(C)C)c3Br)CC2)n1. The third kappa shape index (κ3) is 3.98. The van der Waals surface area contributed by atoms with Crippen molar-refractivity contribution < 1.29 is 9.59 Å². The first-order chi connectivity index (χ1) is 12.4. The minimum atomic E-state index is -0.102. The van der Waals surface area contributed by atoms with Crippen LogP contribution in [-0.4, -0.2) is 45.0 Å². The van der Waals surface area contributed by atoms with Gasteiger partial charge in [-0.25, -0.2) is 4.98 Å². The summed E-state index contributed by atoms with van der Waals surface area (Å²) >= 11 is 4.91. The number of likely N-dealkylation sites (tertiary alicyclic amines) is 1. The van der Waals surface area contributed by atoms with Gasteiger partial charge in [0.25, 0.3) is 5.91 Å². The lowest BCUT2D eigenvalue weighted by atomic mass is 9.96. The molecule has 2 aromatic rings. The third-order valence-corrected chi connectivity index (χ3v) is 6.19. The Kier molecular flexibility index (Phi) is 5.76. The Labute approximate surface area is 164 Å². The average Bonchev–Trinajstić information content (AvgIpc) is 3.20. The van der Waals surface area contributed by atoms with Gasteiger partial charge in [-0.2, -0.15) is 5.10 Å². The number of nitrogens with one attached hydrogen (secondary N) is 2. The van der Waals surface area contributed by atoms with Crippen LogP contribution in [0.2, 0.25) is 0 Å². The van der Waals surface area contributed by atoms with Crippen molar-refractivity contribution in [2.45, 2.75) is 39.5 Å². The molecule has 9 heteroatoms. The van der Waals surface area contributed by atoms with E-state index in [2.05, 4.69) is 36.4 Å². The molecule has 140 valence electrons. The second kappa shape index (κ2) is 7.87. The fourth-order valence-electron chi connectivity index (χ4n) is 2.98. The zero-order chi connectivity index (χ0) is 18.8. The molecule has 0 aliphatic carbocycles. The number of anilines is 1. The highest BCUT2D eigenvalue weighted by molar-refractivity contribution is 9.10. The Bertz CT molecular complexity index is 808. The third-order valence-electron chi connectivity index (χ3n) is 4.51. The summed E-state index contributed by atoms with van der Waals surface area (Å²) in [5, 5.41) is 12.5. The molecule has 0 atom stereocenters. The summed E-state index contributed by atoms with van der Waals surface area (Å²) in [5.74, 6) is 0.0309. The summed E-state index contributed by atoms with van der Waals surface area (Å²) in [6, 6.07) is 0. The molecule has 0 bridgehead atoms. The highest BCUT2D eigenvalue weighted by atomic mass is 79.9. The molecule has 3 heterocycles. The van der Waals surface area contributed by atoms with Crippen LogP contribution in [0.1, 0.15) is 54.5 Å². The van der Waals surface area contributed by atoms with Gasteiger partial charge in [0.05, 0.1) is 15.9 Å². The smallest absolute Gasteiger partial charge is 0.275 e. The zero-order valence-corrected chi connectivity index (χ0v) is 17.4. The molecule has 26 heavy (non-hydrogen) atoms. The highest BCUT2D eigenvalue weighted by Crippen LogP contribution is 2.28. The molecule has 0 unspecified atom stereocenters. The van der Waals surface area contributed by atoms with Crippen molar-refractivity contribution in [2.75, 3.05) is 18.4 Å². The van der Waals surface area contributed by atoms with Crippen molar-refractivity contribution in [3.8, 4) is 0 Å². The first-order valence-corrected chi connectivity index (χ1v) is 10.3. The molecule has 0 saturated carbocycles. The molecule has 3 rings (SSSR count). The summed E-state index contributed by atoms with van der Waals surface area (Å²) in [7, 11) is 0. The van der Waals surface area contributed by atoms with Gasteiger partial charge in [0, 0.05) is 24.4 Å². The molecular weight excluding hydrogens is 418 g/mol. The number of aromatic amines is 1. The summed E-state index contributed by atoms with van der Waals surface area (Å²) in [6.45, 7) is 7.07. The standard InChI is InChI=1S/C17H22BrN5O2S/c1-9(2)13-12(18)14(22-21-13)16(25)23-6-4-11(5-7-23)15(24)20-17-19-10(3)8-26-17/h8-9,11H,4-7H2,1-3H3,(H,21,22)(H,19,20,24). The molecule has 1 aliphatic heterocycles. The molecule has 0 radical (unpaired) electrons. The summed E-state index contributed by atoms with van der Waals surface area (Å²) in [6.07, 6.45) is 1.28. The number of aryl methyl sites for hydroxylation is 1. The normalized spacial score (nSPS) is 15.5. The van der Waals surface area contributed by atoms with Gasteiger partial charge in [-0.15, -0.1) is 11.3 Å². The van der Waals surface area contributed by atoms with E-state index in [0.717, 1.165) is 15.9 Å². The number of rotatable bonds is 4. The van der Waals surface area contributed by atoms with Crippen LogP contribution in [0.5, 0.6) is 0 Å². The number of halogens is 1.